The van der Waals surface area contributed by atoms with Crippen molar-refractivity contribution in [3.05, 3.63) is 38.9 Å². The number of halogens is 1. The average molecular weight is 299 g/mol. The van der Waals surface area contributed by atoms with Crippen LogP contribution in [0, 0.1) is 10.1 Å². The van der Waals surface area contributed by atoms with E-state index in [1.165, 1.54) is 25.0 Å². The summed E-state index contributed by atoms with van der Waals surface area (Å²) in [4.78, 5) is 10.3. The molecule has 0 radical (unpaired) electrons. The van der Waals surface area contributed by atoms with Crippen LogP contribution < -0.4 is 5.32 Å². The summed E-state index contributed by atoms with van der Waals surface area (Å²) in [6.07, 6.45) is 5.27. The number of ether oxygens (including phenoxy) is 1. The first kappa shape index (κ1) is 15.2. The van der Waals surface area contributed by atoms with Crippen LogP contribution in [0.25, 0.3) is 0 Å². The molecule has 1 aromatic carbocycles. The Morgan fingerprint density at radius 2 is 2.15 bits per heavy atom. The lowest BCUT2D eigenvalue weighted by Crippen LogP contribution is -2.22. The van der Waals surface area contributed by atoms with E-state index in [4.69, 9.17) is 16.3 Å². The van der Waals surface area contributed by atoms with E-state index in [1.807, 2.05) is 0 Å². The summed E-state index contributed by atoms with van der Waals surface area (Å²) in [5, 5.41) is 14.5. The number of nitrogens with one attached hydrogen (secondary N) is 1. The van der Waals surface area contributed by atoms with Gasteiger partial charge in [0.15, 0.2) is 0 Å². The van der Waals surface area contributed by atoms with Gasteiger partial charge in [-0.15, -0.1) is 0 Å². The lowest BCUT2D eigenvalue weighted by atomic mass is 10.2. The van der Waals surface area contributed by atoms with Crippen LogP contribution in [0.1, 0.15) is 31.2 Å². The van der Waals surface area contributed by atoms with Crippen molar-refractivity contribution in [1.82, 2.24) is 5.32 Å². The molecule has 0 aromatic heterocycles. The summed E-state index contributed by atoms with van der Waals surface area (Å²) < 4.78 is 5.73. The molecule has 0 aliphatic heterocycles. The van der Waals surface area contributed by atoms with Crippen LogP contribution in [0.3, 0.4) is 0 Å². The summed E-state index contributed by atoms with van der Waals surface area (Å²) in [6, 6.07) is 4.48. The lowest BCUT2D eigenvalue weighted by molar-refractivity contribution is -0.384. The zero-order chi connectivity index (χ0) is 14.4. The molecule has 0 heterocycles. The largest absolute Gasteiger partial charge is 0.377 e. The van der Waals surface area contributed by atoms with Gasteiger partial charge in [0.1, 0.15) is 0 Å². The van der Waals surface area contributed by atoms with Crippen LogP contribution in [0.15, 0.2) is 18.2 Å². The van der Waals surface area contributed by atoms with Gasteiger partial charge in [0.05, 0.1) is 17.6 Å². The van der Waals surface area contributed by atoms with Gasteiger partial charge in [-0.3, -0.25) is 10.1 Å². The number of nitro benzene ring substituents is 1. The van der Waals surface area contributed by atoms with Crippen LogP contribution in [0.4, 0.5) is 5.69 Å². The fourth-order valence-corrected chi connectivity index (χ4v) is 2.57. The maximum Gasteiger partial charge on any atom is 0.269 e. The van der Waals surface area contributed by atoms with Gasteiger partial charge in [-0.1, -0.05) is 24.4 Å². The predicted molar refractivity (Wildman–Crippen MR) is 78.0 cm³/mol. The predicted octanol–water partition coefficient (Wildman–Crippen LogP) is 3.30. The topological polar surface area (TPSA) is 64.4 Å². The second-order valence-electron chi connectivity index (χ2n) is 4.99. The molecule has 1 aromatic rings. The lowest BCUT2D eigenvalue weighted by Gasteiger charge is -2.11. The zero-order valence-electron chi connectivity index (χ0n) is 11.3. The minimum absolute atomic E-state index is 0.0633. The molecule has 1 N–H and O–H groups in total. The maximum atomic E-state index is 10.7. The molecule has 2 rings (SSSR count). The van der Waals surface area contributed by atoms with Crippen molar-refractivity contribution in [2.75, 3.05) is 13.2 Å². The molecular formula is C14H19ClN2O3. The summed E-state index contributed by atoms with van der Waals surface area (Å²) in [6.45, 7) is 1.89. The third-order valence-corrected chi connectivity index (χ3v) is 3.86. The molecule has 6 heteroatoms. The smallest absolute Gasteiger partial charge is 0.269 e. The fourth-order valence-electron chi connectivity index (χ4n) is 2.39. The van der Waals surface area contributed by atoms with E-state index < -0.39 is 4.92 Å². The number of nitro groups is 1. The van der Waals surface area contributed by atoms with Gasteiger partial charge in [0, 0.05) is 30.2 Å². The van der Waals surface area contributed by atoms with Crippen molar-refractivity contribution >= 4 is 17.3 Å². The molecule has 0 saturated heterocycles. The average Bonchev–Trinajstić information content (AvgIpc) is 2.93. The van der Waals surface area contributed by atoms with Gasteiger partial charge in [0.2, 0.25) is 0 Å². The van der Waals surface area contributed by atoms with E-state index in [9.17, 15) is 10.1 Å². The molecule has 1 aliphatic rings. The van der Waals surface area contributed by atoms with Crippen molar-refractivity contribution in [3.63, 3.8) is 0 Å². The van der Waals surface area contributed by atoms with E-state index in [0.717, 1.165) is 24.9 Å². The minimum Gasteiger partial charge on any atom is -0.377 e. The van der Waals surface area contributed by atoms with Crippen molar-refractivity contribution in [2.45, 2.75) is 38.3 Å². The van der Waals surface area contributed by atoms with Gasteiger partial charge in [0.25, 0.3) is 5.69 Å². The van der Waals surface area contributed by atoms with E-state index in [-0.39, 0.29) is 5.69 Å². The minimum atomic E-state index is -0.414. The van der Waals surface area contributed by atoms with Crippen LogP contribution in [-0.4, -0.2) is 24.2 Å². The van der Waals surface area contributed by atoms with E-state index >= 15 is 0 Å². The number of nitrogens with zero attached hydrogens (tertiary/aromatic N) is 1. The van der Waals surface area contributed by atoms with E-state index in [0.29, 0.717) is 24.3 Å². The van der Waals surface area contributed by atoms with E-state index in [1.54, 1.807) is 6.07 Å². The summed E-state index contributed by atoms with van der Waals surface area (Å²) >= 11 is 6.02. The number of hydrogen-bond donors (Lipinski definition) is 1. The molecule has 110 valence electrons. The van der Waals surface area contributed by atoms with Crippen molar-refractivity contribution in [1.29, 1.82) is 0 Å². The molecule has 0 atom stereocenters. The quantitative estimate of drug-likeness (QED) is 0.476. The first-order valence-electron chi connectivity index (χ1n) is 6.92. The summed E-state index contributed by atoms with van der Waals surface area (Å²) in [5.41, 5.74) is 0.801. The Hall–Kier alpha value is -1.17. The van der Waals surface area contributed by atoms with Gasteiger partial charge in [-0.05, 0) is 24.5 Å². The normalized spacial score (nSPS) is 15.7. The second kappa shape index (κ2) is 7.57. The SMILES string of the molecule is O=[N+]([O-])c1ccc(Cl)c(CNCCOC2CCCC2)c1. The number of benzene rings is 1. The Balaban J connectivity index is 1.72. The van der Waals surface area contributed by atoms with Gasteiger partial charge in [-0.25, -0.2) is 0 Å². The summed E-state index contributed by atoms with van der Waals surface area (Å²) in [7, 11) is 0. The fraction of sp³-hybridized carbons (Fsp3) is 0.571. The molecule has 0 spiro atoms. The van der Waals surface area contributed by atoms with Crippen molar-refractivity contribution in [3.8, 4) is 0 Å². The molecule has 20 heavy (non-hydrogen) atoms. The Morgan fingerprint density at radius 1 is 1.40 bits per heavy atom. The second-order valence-corrected chi connectivity index (χ2v) is 5.39. The number of non-ortho nitro benzene ring substituents is 1. The number of hydrogen-bond acceptors (Lipinski definition) is 4. The first-order valence-corrected chi connectivity index (χ1v) is 7.30. The van der Waals surface area contributed by atoms with Crippen LogP contribution in [0.2, 0.25) is 5.02 Å². The molecule has 5 nitrogen and oxygen atoms in total. The van der Waals surface area contributed by atoms with Crippen LogP contribution in [0.5, 0.6) is 0 Å². The summed E-state index contributed by atoms with van der Waals surface area (Å²) in [5.74, 6) is 0. The Morgan fingerprint density at radius 3 is 2.85 bits per heavy atom. The molecule has 1 saturated carbocycles. The molecule has 1 aliphatic carbocycles. The van der Waals surface area contributed by atoms with Crippen molar-refractivity contribution < 1.29 is 9.66 Å². The molecule has 0 bridgehead atoms. The monoisotopic (exact) mass is 298 g/mol. The molecule has 1 fully saturated rings. The molecular weight excluding hydrogens is 280 g/mol. The Kier molecular flexibility index (Phi) is 5.76. The van der Waals surface area contributed by atoms with Gasteiger partial charge in [-0.2, -0.15) is 0 Å². The highest BCUT2D eigenvalue weighted by Crippen LogP contribution is 2.22. The standard InChI is InChI=1S/C14H19ClN2O3/c15-14-6-5-12(17(18)19)9-11(14)10-16-7-8-20-13-3-1-2-4-13/h5-6,9,13,16H,1-4,7-8,10H2. The third kappa shape index (κ3) is 4.44. The third-order valence-electron chi connectivity index (χ3n) is 3.49. The highest BCUT2D eigenvalue weighted by atomic mass is 35.5. The Labute approximate surface area is 123 Å². The molecule has 0 amide bonds. The van der Waals surface area contributed by atoms with Gasteiger partial charge < -0.3 is 10.1 Å². The first-order chi connectivity index (χ1) is 9.66. The zero-order valence-corrected chi connectivity index (χ0v) is 12.1. The maximum absolute atomic E-state index is 10.7. The highest BCUT2D eigenvalue weighted by molar-refractivity contribution is 6.31. The van der Waals surface area contributed by atoms with Crippen LogP contribution >= 0.6 is 11.6 Å². The van der Waals surface area contributed by atoms with Gasteiger partial charge >= 0.3 is 0 Å². The Bertz CT molecular complexity index is 462. The van der Waals surface area contributed by atoms with E-state index in [2.05, 4.69) is 5.32 Å². The number of rotatable bonds is 7. The van der Waals surface area contributed by atoms with Crippen molar-refractivity contribution in [2.24, 2.45) is 0 Å². The highest BCUT2D eigenvalue weighted by Gasteiger charge is 2.14. The molecule has 0 unspecified atom stereocenters. The van der Waals surface area contributed by atoms with Crippen LogP contribution in [-0.2, 0) is 11.3 Å².